The molecule has 2 heterocycles. The van der Waals surface area contributed by atoms with Crippen LogP contribution < -0.4 is 14.8 Å². The molecule has 2 N–H and O–H groups in total. The van der Waals surface area contributed by atoms with Gasteiger partial charge in [0, 0.05) is 23.1 Å². The predicted octanol–water partition coefficient (Wildman–Crippen LogP) is 3.71. The summed E-state index contributed by atoms with van der Waals surface area (Å²) < 4.78 is 11.6. The van der Waals surface area contributed by atoms with Crippen molar-refractivity contribution in [2.75, 3.05) is 13.2 Å². The zero-order valence-corrected chi connectivity index (χ0v) is 15.8. The van der Waals surface area contributed by atoms with Crippen LogP contribution in [0.25, 0.3) is 0 Å². The van der Waals surface area contributed by atoms with E-state index in [1.54, 1.807) is 0 Å². The van der Waals surface area contributed by atoms with Crippen LogP contribution in [0, 0.1) is 0 Å². The third-order valence-electron chi connectivity index (χ3n) is 5.66. The minimum absolute atomic E-state index is 0.119. The predicted molar refractivity (Wildman–Crippen MR) is 108 cm³/mol. The van der Waals surface area contributed by atoms with Crippen molar-refractivity contribution < 1.29 is 19.4 Å². The van der Waals surface area contributed by atoms with Crippen molar-refractivity contribution >= 4 is 5.91 Å². The Morgan fingerprint density at radius 2 is 1.52 bits per heavy atom. The summed E-state index contributed by atoms with van der Waals surface area (Å²) in [6.45, 7) is 0.528. The molecule has 0 aliphatic carbocycles. The molecular weight excluding hydrogens is 366 g/mol. The number of ether oxygens (including phenoxy) is 2. The molecule has 3 aromatic carbocycles. The smallest absolute Gasteiger partial charge is 0.232 e. The van der Waals surface area contributed by atoms with E-state index >= 15 is 0 Å². The van der Waals surface area contributed by atoms with Crippen molar-refractivity contribution in [2.45, 2.75) is 17.9 Å². The van der Waals surface area contributed by atoms with Gasteiger partial charge >= 0.3 is 0 Å². The maximum absolute atomic E-state index is 13.3. The van der Waals surface area contributed by atoms with E-state index in [9.17, 15) is 9.90 Å². The van der Waals surface area contributed by atoms with Crippen LogP contribution in [-0.4, -0.2) is 24.2 Å². The summed E-state index contributed by atoms with van der Waals surface area (Å²) in [5, 5.41) is 14.2. The summed E-state index contributed by atoms with van der Waals surface area (Å²) in [6.07, 6.45) is 0.422. The van der Waals surface area contributed by atoms with Gasteiger partial charge in [-0.3, -0.25) is 4.79 Å². The molecule has 3 aromatic rings. The number of carbonyl (C=O) groups excluding carboxylic acids is 1. The second-order valence-corrected chi connectivity index (χ2v) is 7.45. The van der Waals surface area contributed by atoms with Crippen molar-refractivity contribution in [1.29, 1.82) is 0 Å². The first-order chi connectivity index (χ1) is 14.2. The minimum atomic E-state index is -1.16. The standard InChI is InChI=1S/C24H21NO4/c26-23(25-15-24(27)13-14-28-21-12-6-3-9-18(21)24)22-16-7-1-4-10-19(16)29-20-11-5-2-8-17(20)22/h1-12,22,27H,13-15H2,(H,25,26)/t24-/m1/s1. The van der Waals surface area contributed by atoms with Gasteiger partial charge in [-0.25, -0.2) is 0 Å². The molecule has 0 bridgehead atoms. The average molecular weight is 387 g/mol. The Labute approximate surface area is 168 Å². The first kappa shape index (κ1) is 17.8. The highest BCUT2D eigenvalue weighted by Crippen LogP contribution is 2.44. The summed E-state index contributed by atoms with van der Waals surface area (Å²) in [5.74, 6) is 1.38. The molecular formula is C24H21NO4. The first-order valence-corrected chi connectivity index (χ1v) is 9.74. The van der Waals surface area contributed by atoms with Crippen LogP contribution in [-0.2, 0) is 10.4 Å². The van der Waals surface area contributed by atoms with Crippen molar-refractivity contribution in [3.63, 3.8) is 0 Å². The van der Waals surface area contributed by atoms with Gasteiger partial charge < -0.3 is 19.9 Å². The molecule has 0 radical (unpaired) electrons. The van der Waals surface area contributed by atoms with Crippen molar-refractivity contribution in [2.24, 2.45) is 0 Å². The number of amides is 1. The molecule has 2 aliphatic heterocycles. The largest absolute Gasteiger partial charge is 0.493 e. The van der Waals surface area contributed by atoms with Crippen molar-refractivity contribution in [1.82, 2.24) is 5.32 Å². The lowest BCUT2D eigenvalue weighted by molar-refractivity contribution is -0.123. The number of hydrogen-bond acceptors (Lipinski definition) is 4. The van der Waals surface area contributed by atoms with Crippen LogP contribution >= 0.6 is 0 Å². The van der Waals surface area contributed by atoms with Gasteiger partial charge in [0.25, 0.3) is 0 Å². The summed E-state index contributed by atoms with van der Waals surface area (Å²) in [4.78, 5) is 13.3. The third-order valence-corrected chi connectivity index (χ3v) is 5.66. The monoisotopic (exact) mass is 387 g/mol. The molecule has 5 heteroatoms. The van der Waals surface area contributed by atoms with E-state index in [1.165, 1.54) is 0 Å². The highest BCUT2D eigenvalue weighted by atomic mass is 16.5. The molecule has 5 nitrogen and oxygen atoms in total. The van der Waals surface area contributed by atoms with Gasteiger partial charge in [0.2, 0.25) is 5.91 Å². The number of aliphatic hydroxyl groups is 1. The van der Waals surface area contributed by atoms with Gasteiger partial charge in [0.15, 0.2) is 0 Å². The van der Waals surface area contributed by atoms with E-state index in [1.807, 2.05) is 72.8 Å². The quantitative estimate of drug-likeness (QED) is 0.719. The molecule has 146 valence electrons. The van der Waals surface area contributed by atoms with E-state index in [0.717, 1.165) is 11.1 Å². The molecule has 5 rings (SSSR count). The Hall–Kier alpha value is -3.31. The van der Waals surface area contributed by atoms with Crippen LogP contribution in [0.4, 0.5) is 0 Å². The fourth-order valence-corrected chi connectivity index (χ4v) is 4.15. The SMILES string of the molecule is O=C(NC[C@]1(O)CCOc2ccccc21)C1c2ccccc2Oc2ccccc21. The Morgan fingerprint density at radius 3 is 2.21 bits per heavy atom. The summed E-state index contributed by atoms with van der Waals surface area (Å²) in [6, 6.07) is 22.6. The lowest BCUT2D eigenvalue weighted by Gasteiger charge is -2.35. The van der Waals surface area contributed by atoms with Gasteiger partial charge in [0.1, 0.15) is 22.8 Å². The Balaban J connectivity index is 1.44. The summed E-state index contributed by atoms with van der Waals surface area (Å²) >= 11 is 0. The van der Waals surface area contributed by atoms with E-state index < -0.39 is 11.5 Å². The van der Waals surface area contributed by atoms with E-state index in [0.29, 0.717) is 35.8 Å². The maximum atomic E-state index is 13.3. The molecule has 1 amide bonds. The van der Waals surface area contributed by atoms with Gasteiger partial charge in [0.05, 0.1) is 19.1 Å². The molecule has 2 aliphatic rings. The van der Waals surface area contributed by atoms with Gasteiger partial charge in [-0.2, -0.15) is 0 Å². The van der Waals surface area contributed by atoms with Gasteiger partial charge in [-0.05, 0) is 18.2 Å². The van der Waals surface area contributed by atoms with Crippen LogP contribution in [0.2, 0.25) is 0 Å². The second-order valence-electron chi connectivity index (χ2n) is 7.45. The van der Waals surface area contributed by atoms with Crippen LogP contribution in [0.1, 0.15) is 29.0 Å². The Morgan fingerprint density at radius 1 is 0.931 bits per heavy atom. The maximum Gasteiger partial charge on any atom is 0.232 e. The minimum Gasteiger partial charge on any atom is -0.493 e. The number of fused-ring (bicyclic) bond motifs is 3. The molecule has 0 aromatic heterocycles. The lowest BCUT2D eigenvalue weighted by Crippen LogP contribution is -2.45. The first-order valence-electron chi connectivity index (χ1n) is 9.74. The highest BCUT2D eigenvalue weighted by Gasteiger charge is 2.38. The second kappa shape index (κ2) is 6.94. The molecule has 1 atom stereocenters. The van der Waals surface area contributed by atoms with Crippen molar-refractivity contribution in [3.05, 3.63) is 89.5 Å². The van der Waals surface area contributed by atoms with Crippen molar-refractivity contribution in [3.8, 4) is 17.2 Å². The zero-order valence-electron chi connectivity index (χ0n) is 15.8. The summed E-state index contributed by atoms with van der Waals surface area (Å²) in [5.41, 5.74) is 1.19. The molecule has 0 saturated heterocycles. The molecule has 29 heavy (non-hydrogen) atoms. The molecule has 0 saturated carbocycles. The number of carbonyl (C=O) groups is 1. The number of nitrogens with one attached hydrogen (secondary N) is 1. The Kier molecular flexibility index (Phi) is 4.25. The normalized spacial score (nSPS) is 19.8. The van der Waals surface area contributed by atoms with E-state index in [4.69, 9.17) is 9.47 Å². The Bertz CT molecular complexity index is 1030. The van der Waals surface area contributed by atoms with Crippen LogP contribution in [0.5, 0.6) is 17.2 Å². The van der Waals surface area contributed by atoms with E-state index in [-0.39, 0.29) is 12.5 Å². The third kappa shape index (κ3) is 3.04. The number of para-hydroxylation sites is 3. The van der Waals surface area contributed by atoms with Crippen LogP contribution in [0.3, 0.4) is 0 Å². The number of rotatable bonds is 3. The van der Waals surface area contributed by atoms with Gasteiger partial charge in [-0.15, -0.1) is 0 Å². The number of benzene rings is 3. The molecule has 0 unspecified atom stereocenters. The number of hydrogen-bond donors (Lipinski definition) is 2. The fourth-order valence-electron chi connectivity index (χ4n) is 4.15. The lowest BCUT2D eigenvalue weighted by atomic mass is 9.85. The fraction of sp³-hybridized carbons (Fsp3) is 0.208. The topological polar surface area (TPSA) is 67.8 Å². The van der Waals surface area contributed by atoms with Crippen LogP contribution in [0.15, 0.2) is 72.8 Å². The molecule has 0 fully saturated rings. The average Bonchev–Trinajstić information content (AvgIpc) is 2.76. The van der Waals surface area contributed by atoms with Gasteiger partial charge in [-0.1, -0.05) is 54.6 Å². The van der Waals surface area contributed by atoms with E-state index in [2.05, 4.69) is 5.32 Å². The highest BCUT2D eigenvalue weighted by molar-refractivity contribution is 5.89. The molecule has 0 spiro atoms. The summed E-state index contributed by atoms with van der Waals surface area (Å²) in [7, 11) is 0. The zero-order chi connectivity index (χ0) is 19.8.